The zero-order valence-electron chi connectivity index (χ0n) is 10.7. The summed E-state index contributed by atoms with van der Waals surface area (Å²) in [6.07, 6.45) is 9.27. The minimum atomic E-state index is -4.00. The van der Waals surface area contributed by atoms with Crippen LogP contribution in [0.15, 0.2) is 0 Å². The fourth-order valence-electron chi connectivity index (χ4n) is 2.76. The molecule has 106 valence electrons. The van der Waals surface area contributed by atoms with E-state index in [1.165, 1.54) is 0 Å². The third kappa shape index (κ3) is 4.30. The average Bonchev–Trinajstić information content (AvgIpc) is 2.41. The van der Waals surface area contributed by atoms with Crippen LogP contribution in [0.25, 0.3) is 0 Å². The molecule has 2 fully saturated rings. The van der Waals surface area contributed by atoms with Crippen molar-refractivity contribution >= 4 is 7.82 Å². The van der Waals surface area contributed by atoms with Crippen molar-refractivity contribution in [2.75, 3.05) is 0 Å². The lowest BCUT2D eigenvalue weighted by Gasteiger charge is -2.28. The summed E-state index contributed by atoms with van der Waals surface area (Å²) in [5.74, 6) is 0. The van der Waals surface area contributed by atoms with Crippen LogP contribution in [-0.4, -0.2) is 12.2 Å². The van der Waals surface area contributed by atoms with E-state index in [-0.39, 0.29) is 12.2 Å². The lowest BCUT2D eigenvalue weighted by Crippen LogP contribution is -2.20. The Kier molecular flexibility index (Phi) is 5.61. The molecule has 4 nitrogen and oxygen atoms in total. The second kappa shape index (κ2) is 6.99. The van der Waals surface area contributed by atoms with E-state index in [0.29, 0.717) is 0 Å². The molecular weight excluding hydrogens is 258 g/mol. The van der Waals surface area contributed by atoms with Gasteiger partial charge in [0.2, 0.25) is 0 Å². The molecule has 2 aliphatic carbocycles. The molecule has 0 aliphatic heterocycles. The Morgan fingerprint density at radius 2 is 1.17 bits per heavy atom. The number of halogens is 1. The highest BCUT2D eigenvalue weighted by Gasteiger charge is 2.36. The van der Waals surface area contributed by atoms with Crippen LogP contribution in [0.5, 0.6) is 0 Å². The van der Waals surface area contributed by atoms with E-state index in [9.17, 15) is 9.09 Å². The fourth-order valence-corrected chi connectivity index (χ4v) is 4.03. The first-order valence-electron chi connectivity index (χ1n) is 6.99. The van der Waals surface area contributed by atoms with Crippen molar-refractivity contribution in [2.45, 2.75) is 76.4 Å². The summed E-state index contributed by atoms with van der Waals surface area (Å²) in [6.45, 7) is 0. The molecule has 2 aliphatic rings. The molecule has 0 radical (unpaired) electrons. The van der Waals surface area contributed by atoms with Crippen molar-refractivity contribution in [3.63, 3.8) is 0 Å². The SMILES string of the molecule is O=P(OF)(OC1CCCCC1)OC1CCCCC1. The van der Waals surface area contributed by atoms with Gasteiger partial charge in [0.25, 0.3) is 0 Å². The Bertz CT molecular complexity index is 264. The van der Waals surface area contributed by atoms with Gasteiger partial charge in [-0.3, -0.25) is 9.05 Å². The smallest absolute Gasteiger partial charge is 0.282 e. The van der Waals surface area contributed by atoms with Gasteiger partial charge in [-0.1, -0.05) is 43.3 Å². The Balaban J connectivity index is 1.85. The first-order valence-corrected chi connectivity index (χ1v) is 8.45. The molecular formula is C12H22FO4P. The molecule has 0 heterocycles. The van der Waals surface area contributed by atoms with Gasteiger partial charge >= 0.3 is 7.82 Å². The van der Waals surface area contributed by atoms with Gasteiger partial charge in [-0.05, 0) is 30.2 Å². The predicted molar refractivity (Wildman–Crippen MR) is 65.7 cm³/mol. The van der Waals surface area contributed by atoms with Crippen molar-refractivity contribution < 1.29 is 22.9 Å². The minimum Gasteiger partial charge on any atom is -0.282 e. The van der Waals surface area contributed by atoms with Crippen LogP contribution in [0.2, 0.25) is 0 Å². The quantitative estimate of drug-likeness (QED) is 0.685. The van der Waals surface area contributed by atoms with Gasteiger partial charge in [0, 0.05) is 0 Å². The molecule has 18 heavy (non-hydrogen) atoms. The van der Waals surface area contributed by atoms with Gasteiger partial charge in [-0.15, -0.1) is 0 Å². The first kappa shape index (κ1) is 14.4. The van der Waals surface area contributed by atoms with Gasteiger partial charge in [0.1, 0.15) is 0 Å². The summed E-state index contributed by atoms with van der Waals surface area (Å²) in [6, 6.07) is 0. The summed E-state index contributed by atoms with van der Waals surface area (Å²) >= 11 is 0. The average molecular weight is 280 g/mol. The predicted octanol–water partition coefficient (Wildman–Crippen LogP) is 4.69. The summed E-state index contributed by atoms with van der Waals surface area (Å²) < 4.78 is 38.7. The molecule has 0 aromatic carbocycles. The van der Waals surface area contributed by atoms with Gasteiger partial charge < -0.3 is 0 Å². The van der Waals surface area contributed by atoms with Crippen LogP contribution in [0, 0.1) is 0 Å². The van der Waals surface area contributed by atoms with Crippen molar-refractivity contribution in [1.82, 2.24) is 0 Å². The topological polar surface area (TPSA) is 44.8 Å². The fraction of sp³-hybridized carbons (Fsp3) is 1.00. The van der Waals surface area contributed by atoms with Gasteiger partial charge in [0.15, 0.2) is 0 Å². The molecule has 0 atom stereocenters. The van der Waals surface area contributed by atoms with E-state index >= 15 is 0 Å². The minimum absolute atomic E-state index is 0.191. The van der Waals surface area contributed by atoms with Crippen LogP contribution in [0.4, 0.5) is 4.53 Å². The van der Waals surface area contributed by atoms with Crippen LogP contribution in [0.1, 0.15) is 64.2 Å². The van der Waals surface area contributed by atoms with Crippen LogP contribution >= 0.6 is 7.82 Å². The summed E-state index contributed by atoms with van der Waals surface area (Å²) in [7, 11) is -4.00. The molecule has 6 heteroatoms. The number of hydrogen-bond donors (Lipinski definition) is 0. The third-order valence-corrected chi connectivity index (χ3v) is 5.03. The van der Waals surface area contributed by atoms with E-state index in [4.69, 9.17) is 9.05 Å². The molecule has 0 N–H and O–H groups in total. The van der Waals surface area contributed by atoms with Gasteiger partial charge in [-0.25, -0.2) is 4.57 Å². The lowest BCUT2D eigenvalue weighted by atomic mass is 9.98. The zero-order chi connectivity index (χ0) is 12.8. The van der Waals surface area contributed by atoms with E-state index < -0.39 is 7.82 Å². The Labute approximate surface area is 108 Å². The third-order valence-electron chi connectivity index (χ3n) is 3.75. The van der Waals surface area contributed by atoms with Crippen molar-refractivity contribution in [2.24, 2.45) is 0 Å². The van der Waals surface area contributed by atoms with Gasteiger partial charge in [0.05, 0.1) is 12.2 Å². The molecule has 0 aromatic rings. The highest BCUT2D eigenvalue weighted by molar-refractivity contribution is 7.48. The molecule has 2 rings (SSSR count). The second-order valence-electron chi connectivity index (χ2n) is 5.25. The monoisotopic (exact) mass is 280 g/mol. The molecule has 0 spiro atoms. The summed E-state index contributed by atoms with van der Waals surface area (Å²) in [4.78, 5) is 0. The largest absolute Gasteiger partial charge is 0.506 e. The first-order chi connectivity index (χ1) is 8.72. The maximum atomic E-state index is 12.5. The molecule has 0 amide bonds. The van der Waals surface area contributed by atoms with Crippen LogP contribution in [-0.2, 0) is 18.3 Å². The number of phosphoric ester groups is 1. The van der Waals surface area contributed by atoms with Crippen LogP contribution < -0.4 is 0 Å². The number of phosphoric acid groups is 1. The Morgan fingerprint density at radius 3 is 1.50 bits per heavy atom. The highest BCUT2D eigenvalue weighted by Crippen LogP contribution is 2.54. The maximum absolute atomic E-state index is 12.5. The zero-order valence-corrected chi connectivity index (χ0v) is 11.6. The van der Waals surface area contributed by atoms with Crippen molar-refractivity contribution in [3.05, 3.63) is 0 Å². The Hall–Kier alpha value is 0.0400. The van der Waals surface area contributed by atoms with E-state index in [1.807, 2.05) is 0 Å². The van der Waals surface area contributed by atoms with Crippen LogP contribution in [0.3, 0.4) is 0 Å². The van der Waals surface area contributed by atoms with Crippen molar-refractivity contribution in [1.29, 1.82) is 0 Å². The van der Waals surface area contributed by atoms with Crippen molar-refractivity contribution in [3.8, 4) is 0 Å². The Morgan fingerprint density at radius 1 is 0.778 bits per heavy atom. The lowest BCUT2D eigenvalue weighted by molar-refractivity contribution is -0.0786. The molecule has 0 bridgehead atoms. The maximum Gasteiger partial charge on any atom is 0.506 e. The molecule has 0 saturated heterocycles. The summed E-state index contributed by atoms with van der Waals surface area (Å²) in [5, 5.41) is 0. The molecule has 0 unspecified atom stereocenters. The van der Waals surface area contributed by atoms with Gasteiger partial charge in [-0.2, -0.15) is 0 Å². The second-order valence-corrected chi connectivity index (χ2v) is 6.70. The van der Waals surface area contributed by atoms with E-state index in [1.54, 1.807) is 0 Å². The van der Waals surface area contributed by atoms with E-state index in [2.05, 4.69) is 4.73 Å². The summed E-state index contributed by atoms with van der Waals surface area (Å²) in [5.41, 5.74) is 0. The molecule has 0 aromatic heterocycles. The number of hydrogen-bond acceptors (Lipinski definition) is 4. The standard InChI is InChI=1S/C12H22FO4P/c13-17-18(14,15-11-7-3-1-4-8-11)16-12-9-5-2-6-10-12/h11-12H,1-10H2. The van der Waals surface area contributed by atoms with E-state index in [0.717, 1.165) is 64.2 Å². The normalized spacial score (nSPS) is 24.3. The highest BCUT2D eigenvalue weighted by atomic mass is 31.2. The number of rotatable bonds is 5. The molecule has 2 saturated carbocycles.